The van der Waals surface area contributed by atoms with Gasteiger partial charge in [-0.2, -0.15) is 0 Å². The highest BCUT2D eigenvalue weighted by Gasteiger charge is 2.14. The summed E-state index contributed by atoms with van der Waals surface area (Å²) in [5.74, 6) is 1.22. The number of H-pyrrole nitrogens is 1. The van der Waals surface area contributed by atoms with Crippen LogP contribution in [0, 0.1) is 10.1 Å². The molecule has 0 amide bonds. The molecule has 1 aromatic carbocycles. The van der Waals surface area contributed by atoms with E-state index in [1.807, 2.05) is 0 Å². The maximum absolute atomic E-state index is 12.0. The van der Waals surface area contributed by atoms with Gasteiger partial charge in [-0.15, -0.1) is 0 Å². The van der Waals surface area contributed by atoms with Gasteiger partial charge >= 0.3 is 5.69 Å². The minimum absolute atomic E-state index is 0.0197. The number of nitrogens with one attached hydrogen (secondary N) is 1. The van der Waals surface area contributed by atoms with E-state index < -0.39 is 16.2 Å². The molecule has 0 unspecified atom stereocenters. The van der Waals surface area contributed by atoms with E-state index >= 15 is 0 Å². The zero-order valence-electron chi connectivity index (χ0n) is 14.3. The van der Waals surface area contributed by atoms with E-state index in [1.165, 1.54) is 32.1 Å². The van der Waals surface area contributed by atoms with Crippen LogP contribution in [0.5, 0.6) is 17.2 Å². The number of hydrogen-bond donors (Lipinski definition) is 1. The number of aromatic amines is 1. The summed E-state index contributed by atoms with van der Waals surface area (Å²) >= 11 is 0. The highest BCUT2D eigenvalue weighted by molar-refractivity contribution is 5.54. The van der Waals surface area contributed by atoms with Gasteiger partial charge in [-0.25, -0.2) is 4.79 Å². The molecule has 0 aliphatic heterocycles. The molecule has 1 N–H and O–H groups in total. The van der Waals surface area contributed by atoms with Gasteiger partial charge in [0.05, 0.1) is 38.4 Å². The highest BCUT2D eigenvalue weighted by atomic mass is 16.6. The molecule has 0 fully saturated rings. The fourth-order valence-electron chi connectivity index (χ4n) is 2.33. The Kier molecular flexibility index (Phi) is 5.78. The number of methoxy groups -OCH3 is 3. The molecule has 0 aliphatic carbocycles. The highest BCUT2D eigenvalue weighted by Crippen LogP contribution is 2.38. The summed E-state index contributed by atoms with van der Waals surface area (Å²) < 4.78 is 17.0. The first kappa shape index (κ1) is 18.8. The smallest absolute Gasteiger partial charge is 0.328 e. The van der Waals surface area contributed by atoms with Gasteiger partial charge in [-0.05, 0) is 17.7 Å². The van der Waals surface area contributed by atoms with Crippen molar-refractivity contribution < 1.29 is 19.1 Å². The van der Waals surface area contributed by atoms with Crippen LogP contribution in [0.25, 0.3) is 6.08 Å². The Morgan fingerprint density at radius 3 is 2.27 bits per heavy atom. The van der Waals surface area contributed by atoms with Crippen LogP contribution in [-0.2, 0) is 6.54 Å². The molecule has 1 heterocycles. The van der Waals surface area contributed by atoms with Crippen molar-refractivity contribution in [1.29, 1.82) is 0 Å². The first-order chi connectivity index (χ1) is 12.4. The Morgan fingerprint density at radius 2 is 1.77 bits per heavy atom. The quantitative estimate of drug-likeness (QED) is 0.571. The molecule has 2 aromatic rings. The Balaban J connectivity index is 2.48. The van der Waals surface area contributed by atoms with Gasteiger partial charge in [0.25, 0.3) is 5.56 Å². The van der Waals surface area contributed by atoms with Crippen LogP contribution in [0.1, 0.15) is 11.1 Å². The van der Waals surface area contributed by atoms with E-state index in [0.717, 1.165) is 6.08 Å². The summed E-state index contributed by atoms with van der Waals surface area (Å²) in [6, 6.07) is 3.32. The molecule has 138 valence electrons. The second kappa shape index (κ2) is 8.01. The minimum atomic E-state index is -0.714. The summed E-state index contributed by atoms with van der Waals surface area (Å²) in [6.07, 6.45) is 2.88. The maximum atomic E-state index is 12.0. The third kappa shape index (κ3) is 4.09. The summed E-state index contributed by atoms with van der Waals surface area (Å²) in [6.45, 7) is 0.0750. The molecule has 2 rings (SSSR count). The predicted octanol–water partition coefficient (Wildman–Crippen LogP) is 0.858. The lowest BCUT2D eigenvalue weighted by molar-refractivity contribution is -0.400. The lowest BCUT2D eigenvalue weighted by atomic mass is 10.1. The van der Waals surface area contributed by atoms with Crippen LogP contribution in [0.15, 0.2) is 34.1 Å². The van der Waals surface area contributed by atoms with Crippen LogP contribution in [0.4, 0.5) is 0 Å². The van der Waals surface area contributed by atoms with Gasteiger partial charge in [0.15, 0.2) is 11.5 Å². The Hall–Kier alpha value is -3.56. The van der Waals surface area contributed by atoms with Gasteiger partial charge in [0.2, 0.25) is 11.9 Å². The zero-order valence-corrected chi connectivity index (χ0v) is 14.3. The number of nitrogens with zero attached hydrogens (tertiary/aromatic N) is 2. The van der Waals surface area contributed by atoms with Crippen molar-refractivity contribution in [1.82, 2.24) is 9.55 Å². The number of rotatable bonds is 7. The summed E-state index contributed by atoms with van der Waals surface area (Å²) in [4.78, 5) is 35.6. The van der Waals surface area contributed by atoms with Crippen molar-refractivity contribution in [2.24, 2.45) is 0 Å². The largest absolute Gasteiger partial charge is 0.493 e. The average Bonchev–Trinajstić information content (AvgIpc) is 2.61. The van der Waals surface area contributed by atoms with Gasteiger partial charge in [0.1, 0.15) is 0 Å². The predicted molar refractivity (Wildman–Crippen MR) is 92.6 cm³/mol. The topological polar surface area (TPSA) is 126 Å². The number of ether oxygens (including phenoxy) is 3. The van der Waals surface area contributed by atoms with Crippen molar-refractivity contribution in [3.63, 3.8) is 0 Å². The third-order valence-electron chi connectivity index (χ3n) is 3.49. The van der Waals surface area contributed by atoms with E-state index in [4.69, 9.17) is 14.2 Å². The molecule has 0 atom stereocenters. The van der Waals surface area contributed by atoms with Gasteiger partial charge < -0.3 is 14.2 Å². The minimum Gasteiger partial charge on any atom is -0.493 e. The standard InChI is InChI=1S/C16H17N3O7/c1-24-12-6-10(7-13(25-2)14(12)26-3)8-18-9-11(4-5-19(22)23)15(20)17-16(18)21/h4-7,9H,8H2,1-3H3,(H,17,20,21). The zero-order chi connectivity index (χ0) is 19.3. The molecule has 26 heavy (non-hydrogen) atoms. The molecular formula is C16H17N3O7. The monoisotopic (exact) mass is 363 g/mol. The lowest BCUT2D eigenvalue weighted by Gasteiger charge is -2.14. The van der Waals surface area contributed by atoms with Crippen molar-refractivity contribution in [2.75, 3.05) is 21.3 Å². The lowest BCUT2D eigenvalue weighted by Crippen LogP contribution is -2.31. The third-order valence-corrected chi connectivity index (χ3v) is 3.49. The summed E-state index contributed by atoms with van der Waals surface area (Å²) in [5, 5.41) is 10.4. The fraction of sp³-hybridized carbons (Fsp3) is 0.250. The first-order valence-electron chi connectivity index (χ1n) is 7.34. The van der Waals surface area contributed by atoms with Crippen LogP contribution in [0.2, 0.25) is 0 Å². The van der Waals surface area contributed by atoms with Crippen molar-refractivity contribution in [3.05, 3.63) is 66.6 Å². The second-order valence-corrected chi connectivity index (χ2v) is 5.11. The van der Waals surface area contributed by atoms with Crippen LogP contribution < -0.4 is 25.5 Å². The van der Waals surface area contributed by atoms with Crippen LogP contribution >= 0.6 is 0 Å². The van der Waals surface area contributed by atoms with Crippen molar-refractivity contribution >= 4 is 6.08 Å². The maximum Gasteiger partial charge on any atom is 0.328 e. The van der Waals surface area contributed by atoms with E-state index in [2.05, 4.69) is 4.98 Å². The number of benzene rings is 1. The number of nitro groups is 1. The van der Waals surface area contributed by atoms with Gasteiger partial charge in [-0.1, -0.05) is 0 Å². The molecule has 0 saturated heterocycles. The molecule has 0 radical (unpaired) electrons. The second-order valence-electron chi connectivity index (χ2n) is 5.11. The van der Waals surface area contributed by atoms with E-state index in [0.29, 0.717) is 29.0 Å². The Morgan fingerprint density at radius 1 is 1.15 bits per heavy atom. The molecule has 10 nitrogen and oxygen atoms in total. The summed E-state index contributed by atoms with van der Waals surface area (Å²) in [5.41, 5.74) is -0.747. The van der Waals surface area contributed by atoms with E-state index in [-0.39, 0.29) is 12.1 Å². The number of aromatic nitrogens is 2. The Labute approximate surface area is 147 Å². The molecule has 0 aliphatic rings. The van der Waals surface area contributed by atoms with E-state index in [1.54, 1.807) is 12.1 Å². The number of hydrogen-bond acceptors (Lipinski definition) is 7. The van der Waals surface area contributed by atoms with Gasteiger partial charge in [-0.3, -0.25) is 24.5 Å². The van der Waals surface area contributed by atoms with Crippen LogP contribution in [-0.4, -0.2) is 35.8 Å². The van der Waals surface area contributed by atoms with E-state index in [9.17, 15) is 19.7 Å². The molecule has 0 spiro atoms. The molecule has 0 saturated carbocycles. The normalized spacial score (nSPS) is 10.7. The Bertz CT molecular complexity index is 934. The molecular weight excluding hydrogens is 346 g/mol. The molecule has 0 bridgehead atoms. The average molecular weight is 363 g/mol. The van der Waals surface area contributed by atoms with Crippen molar-refractivity contribution in [3.8, 4) is 17.2 Å². The molecule has 10 heteroatoms. The summed E-state index contributed by atoms with van der Waals surface area (Å²) in [7, 11) is 4.40. The first-order valence-corrected chi connectivity index (χ1v) is 7.34. The fourth-order valence-corrected chi connectivity index (χ4v) is 2.33. The molecule has 1 aromatic heterocycles. The van der Waals surface area contributed by atoms with Crippen LogP contribution in [0.3, 0.4) is 0 Å². The SMILES string of the molecule is COc1cc(Cn2cc(C=C[N+](=O)[O-])c(=O)[nH]c2=O)cc(OC)c1OC. The van der Waals surface area contributed by atoms with Gasteiger partial charge in [0, 0.05) is 12.3 Å². The van der Waals surface area contributed by atoms with Crippen molar-refractivity contribution in [2.45, 2.75) is 6.54 Å².